The third-order valence-electron chi connectivity index (χ3n) is 9.57. The summed E-state index contributed by atoms with van der Waals surface area (Å²) < 4.78 is 11.0. The van der Waals surface area contributed by atoms with Crippen LogP contribution in [0.2, 0.25) is 0 Å². The molecular formula is C43H25N3O. The number of fused-ring (bicyclic) bond motifs is 9. The molecule has 4 heteroatoms. The van der Waals surface area contributed by atoms with Gasteiger partial charge in [0.05, 0.1) is 39.0 Å². The molecule has 0 radical (unpaired) electrons. The standard InChI is InChI=1S/C43H25N3O/c44-26-27-12-11-18-33(43(27)46-38-21-8-1-13-28(38)29-14-2-9-22-39(29)46)30-15-3-6-19-36(30)45-37-20-7-4-16-31(37)34-25-42-35(24-40(34)45)32-17-5-10-23-41(32)47-42/h1-25H. The van der Waals surface area contributed by atoms with E-state index in [2.05, 4.69) is 143 Å². The van der Waals surface area contributed by atoms with Gasteiger partial charge in [-0.1, -0.05) is 103 Å². The molecule has 0 atom stereocenters. The molecule has 0 N–H and O–H groups in total. The fourth-order valence-electron chi connectivity index (χ4n) is 7.60. The van der Waals surface area contributed by atoms with Gasteiger partial charge >= 0.3 is 0 Å². The first-order valence-electron chi connectivity index (χ1n) is 15.8. The number of rotatable bonds is 3. The molecule has 0 saturated heterocycles. The van der Waals surface area contributed by atoms with E-state index in [1.807, 2.05) is 24.3 Å². The predicted octanol–water partition coefficient (Wildman–Crippen LogP) is 11.3. The van der Waals surface area contributed by atoms with Gasteiger partial charge in [-0.25, -0.2) is 0 Å². The predicted molar refractivity (Wildman–Crippen MR) is 193 cm³/mol. The van der Waals surface area contributed by atoms with E-state index in [1.165, 1.54) is 0 Å². The third-order valence-corrected chi connectivity index (χ3v) is 9.57. The molecule has 0 aliphatic heterocycles. The average molecular weight is 600 g/mol. The summed E-state index contributed by atoms with van der Waals surface area (Å²) in [6, 6.07) is 55.3. The van der Waals surface area contributed by atoms with Gasteiger partial charge in [-0.15, -0.1) is 0 Å². The molecule has 0 saturated carbocycles. The van der Waals surface area contributed by atoms with Crippen molar-refractivity contribution in [3.63, 3.8) is 0 Å². The van der Waals surface area contributed by atoms with Crippen LogP contribution in [0.3, 0.4) is 0 Å². The van der Waals surface area contributed by atoms with Crippen molar-refractivity contribution in [3.8, 4) is 28.6 Å². The van der Waals surface area contributed by atoms with Gasteiger partial charge in [0.15, 0.2) is 0 Å². The second kappa shape index (κ2) is 9.71. The van der Waals surface area contributed by atoms with Gasteiger partial charge in [-0.2, -0.15) is 5.26 Å². The van der Waals surface area contributed by atoms with Crippen molar-refractivity contribution in [2.45, 2.75) is 0 Å². The summed E-state index contributed by atoms with van der Waals surface area (Å²) in [5.74, 6) is 0. The summed E-state index contributed by atoms with van der Waals surface area (Å²) in [7, 11) is 0. The monoisotopic (exact) mass is 599 g/mol. The lowest BCUT2D eigenvalue weighted by atomic mass is 9.98. The Morgan fingerprint density at radius 2 is 1.00 bits per heavy atom. The summed E-state index contributed by atoms with van der Waals surface area (Å²) in [6.45, 7) is 0. The minimum atomic E-state index is 0.623. The zero-order valence-electron chi connectivity index (χ0n) is 25.2. The molecule has 3 heterocycles. The number of hydrogen-bond donors (Lipinski definition) is 0. The van der Waals surface area contributed by atoms with Gasteiger partial charge in [0.1, 0.15) is 17.2 Å². The number of benzene rings is 7. The largest absolute Gasteiger partial charge is 0.456 e. The Hall–Kier alpha value is -6.57. The van der Waals surface area contributed by atoms with Crippen molar-refractivity contribution in [1.82, 2.24) is 9.13 Å². The van der Waals surface area contributed by atoms with Crippen LogP contribution in [-0.4, -0.2) is 9.13 Å². The number of nitriles is 1. The van der Waals surface area contributed by atoms with E-state index in [0.717, 1.165) is 88.1 Å². The highest BCUT2D eigenvalue weighted by molar-refractivity contribution is 6.17. The normalized spacial score (nSPS) is 11.8. The molecule has 218 valence electrons. The average Bonchev–Trinajstić information content (AvgIpc) is 3.77. The molecule has 10 rings (SSSR count). The maximum atomic E-state index is 10.6. The molecule has 0 spiro atoms. The Kier molecular flexibility index (Phi) is 5.32. The van der Waals surface area contributed by atoms with E-state index in [-0.39, 0.29) is 0 Å². The highest BCUT2D eigenvalue weighted by Gasteiger charge is 2.22. The number of aromatic nitrogens is 2. The lowest BCUT2D eigenvalue weighted by Gasteiger charge is -2.19. The van der Waals surface area contributed by atoms with Crippen LogP contribution in [0.1, 0.15) is 5.56 Å². The minimum absolute atomic E-state index is 0.623. The van der Waals surface area contributed by atoms with Crippen LogP contribution in [0, 0.1) is 11.3 Å². The number of hydrogen-bond acceptors (Lipinski definition) is 2. The topological polar surface area (TPSA) is 46.8 Å². The molecule has 0 bridgehead atoms. The van der Waals surface area contributed by atoms with Crippen molar-refractivity contribution >= 4 is 65.6 Å². The summed E-state index contributed by atoms with van der Waals surface area (Å²) >= 11 is 0. The first kappa shape index (κ1) is 25.7. The van der Waals surface area contributed by atoms with E-state index >= 15 is 0 Å². The minimum Gasteiger partial charge on any atom is -0.456 e. The van der Waals surface area contributed by atoms with Gasteiger partial charge < -0.3 is 13.6 Å². The lowest BCUT2D eigenvalue weighted by Crippen LogP contribution is -2.03. The molecule has 0 aliphatic carbocycles. The summed E-state index contributed by atoms with van der Waals surface area (Å²) in [5, 5.41) is 17.4. The first-order chi connectivity index (χ1) is 23.3. The molecular weight excluding hydrogens is 574 g/mol. The molecule has 4 nitrogen and oxygen atoms in total. The summed E-state index contributed by atoms with van der Waals surface area (Å²) in [6.07, 6.45) is 0. The Balaban J connectivity index is 1.33. The quantitative estimate of drug-likeness (QED) is 0.203. The zero-order valence-corrected chi connectivity index (χ0v) is 25.2. The van der Waals surface area contributed by atoms with Crippen LogP contribution in [0.15, 0.2) is 156 Å². The van der Waals surface area contributed by atoms with Crippen LogP contribution in [-0.2, 0) is 0 Å². The van der Waals surface area contributed by atoms with Gasteiger partial charge in [0.2, 0.25) is 0 Å². The van der Waals surface area contributed by atoms with Crippen LogP contribution < -0.4 is 0 Å². The highest BCUT2D eigenvalue weighted by Crippen LogP contribution is 2.43. The van der Waals surface area contributed by atoms with Crippen molar-refractivity contribution in [1.29, 1.82) is 5.26 Å². The molecule has 10 aromatic rings. The summed E-state index contributed by atoms with van der Waals surface area (Å²) in [5.41, 5.74) is 10.7. The fourth-order valence-corrected chi connectivity index (χ4v) is 7.60. The lowest BCUT2D eigenvalue weighted by molar-refractivity contribution is 0.669. The first-order valence-corrected chi connectivity index (χ1v) is 15.8. The molecule has 0 aliphatic rings. The fraction of sp³-hybridized carbons (Fsp3) is 0. The molecule has 0 fully saturated rings. The second-order valence-corrected chi connectivity index (χ2v) is 12.0. The Morgan fingerprint density at radius 3 is 1.72 bits per heavy atom. The number of nitrogens with zero attached hydrogens (tertiary/aromatic N) is 3. The van der Waals surface area contributed by atoms with Crippen molar-refractivity contribution in [2.24, 2.45) is 0 Å². The maximum absolute atomic E-state index is 10.6. The maximum Gasteiger partial charge on any atom is 0.136 e. The SMILES string of the molecule is N#Cc1cccc(-c2ccccc2-n2c3ccccc3c3cc4oc5ccccc5c4cc32)c1-n1c2ccccc2c2ccccc21. The zero-order chi connectivity index (χ0) is 31.1. The molecule has 0 unspecified atom stereocenters. The van der Waals surface area contributed by atoms with Crippen LogP contribution >= 0.6 is 0 Å². The third kappa shape index (κ3) is 3.57. The molecule has 7 aromatic carbocycles. The second-order valence-electron chi connectivity index (χ2n) is 12.0. The van der Waals surface area contributed by atoms with Gasteiger partial charge in [-0.3, -0.25) is 0 Å². The molecule has 47 heavy (non-hydrogen) atoms. The Morgan fingerprint density at radius 1 is 0.426 bits per heavy atom. The van der Waals surface area contributed by atoms with Gasteiger partial charge in [0.25, 0.3) is 0 Å². The van der Waals surface area contributed by atoms with Crippen molar-refractivity contribution < 1.29 is 4.42 Å². The van der Waals surface area contributed by atoms with Crippen LogP contribution in [0.4, 0.5) is 0 Å². The van der Waals surface area contributed by atoms with E-state index < -0.39 is 0 Å². The molecule has 3 aromatic heterocycles. The van der Waals surface area contributed by atoms with E-state index in [4.69, 9.17) is 4.42 Å². The Bertz CT molecular complexity index is 2880. The van der Waals surface area contributed by atoms with Crippen molar-refractivity contribution in [3.05, 3.63) is 157 Å². The number of furan rings is 1. The van der Waals surface area contributed by atoms with E-state index in [0.29, 0.717) is 5.56 Å². The van der Waals surface area contributed by atoms with Gasteiger partial charge in [0, 0.05) is 43.4 Å². The van der Waals surface area contributed by atoms with E-state index in [9.17, 15) is 5.26 Å². The van der Waals surface area contributed by atoms with Gasteiger partial charge in [-0.05, 0) is 48.5 Å². The molecule has 0 amide bonds. The number of para-hydroxylation sites is 6. The van der Waals surface area contributed by atoms with E-state index in [1.54, 1.807) is 0 Å². The Labute approximate surface area is 269 Å². The smallest absolute Gasteiger partial charge is 0.136 e. The highest BCUT2D eigenvalue weighted by atomic mass is 16.3. The van der Waals surface area contributed by atoms with Crippen LogP contribution in [0.5, 0.6) is 0 Å². The summed E-state index contributed by atoms with van der Waals surface area (Å²) in [4.78, 5) is 0. The van der Waals surface area contributed by atoms with Crippen LogP contribution in [0.25, 0.3) is 88.1 Å². The van der Waals surface area contributed by atoms with Crippen molar-refractivity contribution in [2.75, 3.05) is 0 Å².